The molecule has 0 aliphatic rings. The Kier molecular flexibility index (Phi) is 38.1. The van der Waals surface area contributed by atoms with Gasteiger partial charge in [-0.25, -0.2) is 0 Å². The second kappa shape index (κ2) is 38.9. The Bertz CT molecular complexity index is 669. The first-order chi connectivity index (χ1) is 23.6. The third-order valence-electron chi connectivity index (χ3n) is 10.1. The summed E-state index contributed by atoms with van der Waals surface area (Å²) in [4.78, 5) is 12.4. The maximum Gasteiger partial charge on any atom is 0.220 e. The van der Waals surface area contributed by atoms with E-state index in [9.17, 15) is 20.1 Å². The average molecular weight is 680 g/mol. The van der Waals surface area contributed by atoms with E-state index in [0.717, 1.165) is 38.5 Å². The van der Waals surface area contributed by atoms with E-state index in [-0.39, 0.29) is 12.5 Å². The van der Waals surface area contributed by atoms with Gasteiger partial charge in [-0.1, -0.05) is 199 Å². The van der Waals surface area contributed by atoms with E-state index >= 15 is 0 Å². The van der Waals surface area contributed by atoms with Crippen molar-refractivity contribution in [1.82, 2.24) is 5.32 Å². The summed E-state index contributed by atoms with van der Waals surface area (Å²) >= 11 is 0. The van der Waals surface area contributed by atoms with Crippen LogP contribution in [0.4, 0.5) is 0 Å². The fourth-order valence-electron chi connectivity index (χ4n) is 6.75. The average Bonchev–Trinajstić information content (AvgIpc) is 3.09. The van der Waals surface area contributed by atoms with Gasteiger partial charge < -0.3 is 20.6 Å². The Labute approximate surface area is 299 Å². The molecular formula is C43H85NO4. The number of nitrogens with one attached hydrogen (secondary N) is 1. The standard InChI is InChI=1S/C43H85NO4/c1-3-5-7-9-11-13-15-16-17-18-19-20-21-22-23-24-25-26-28-30-32-34-36-38-42(47)44-40(39-45)43(48)41(46)37-35-33-31-29-27-14-12-10-8-6-4-2/h22-23,40-41,43,45-46,48H,3-21,24-39H2,1-2H3,(H,44,47)/b23-22-. The lowest BCUT2D eigenvalue weighted by Crippen LogP contribution is -2.50. The van der Waals surface area contributed by atoms with Crippen LogP contribution in [0.2, 0.25) is 0 Å². The van der Waals surface area contributed by atoms with E-state index in [4.69, 9.17) is 0 Å². The summed E-state index contributed by atoms with van der Waals surface area (Å²) in [6.45, 7) is 4.17. The SMILES string of the molecule is CCCCCCCCCCCCCC/C=C\CCCCCCCCCC(=O)NC(CO)C(O)C(O)CCCCCCCCCCCCC. The highest BCUT2D eigenvalue weighted by Gasteiger charge is 2.26. The van der Waals surface area contributed by atoms with Gasteiger partial charge in [-0.15, -0.1) is 0 Å². The number of carbonyl (C=O) groups is 1. The number of hydrogen-bond donors (Lipinski definition) is 4. The van der Waals surface area contributed by atoms with Crippen LogP contribution in [-0.4, -0.2) is 46.1 Å². The molecule has 0 radical (unpaired) electrons. The molecule has 0 aromatic rings. The third kappa shape index (κ3) is 33.6. The maximum atomic E-state index is 12.4. The minimum absolute atomic E-state index is 0.148. The summed E-state index contributed by atoms with van der Waals surface area (Å²) in [5.74, 6) is -0.148. The molecule has 0 aliphatic heterocycles. The molecule has 286 valence electrons. The highest BCUT2D eigenvalue weighted by atomic mass is 16.3. The van der Waals surface area contributed by atoms with Crippen LogP contribution in [0.25, 0.3) is 0 Å². The summed E-state index contributed by atoms with van der Waals surface area (Å²) in [5.41, 5.74) is 0. The smallest absolute Gasteiger partial charge is 0.220 e. The molecule has 5 nitrogen and oxygen atoms in total. The van der Waals surface area contributed by atoms with Gasteiger partial charge in [0.25, 0.3) is 0 Å². The summed E-state index contributed by atoms with van der Waals surface area (Å²) in [6.07, 6.45) is 44.6. The zero-order valence-electron chi connectivity index (χ0n) is 32.4. The summed E-state index contributed by atoms with van der Waals surface area (Å²) in [7, 11) is 0. The lowest BCUT2D eigenvalue weighted by atomic mass is 9.99. The van der Waals surface area contributed by atoms with Crippen LogP contribution in [0.1, 0.15) is 232 Å². The molecule has 0 saturated carbocycles. The molecule has 3 unspecified atom stereocenters. The van der Waals surface area contributed by atoms with E-state index < -0.39 is 18.2 Å². The molecule has 0 spiro atoms. The van der Waals surface area contributed by atoms with Gasteiger partial charge in [0, 0.05) is 6.42 Å². The van der Waals surface area contributed by atoms with Crippen molar-refractivity contribution in [3.8, 4) is 0 Å². The molecule has 0 bridgehead atoms. The van der Waals surface area contributed by atoms with Gasteiger partial charge in [-0.05, 0) is 38.5 Å². The summed E-state index contributed by atoms with van der Waals surface area (Å²) < 4.78 is 0. The highest BCUT2D eigenvalue weighted by molar-refractivity contribution is 5.76. The minimum Gasteiger partial charge on any atom is -0.394 e. The second-order valence-electron chi connectivity index (χ2n) is 14.9. The Morgan fingerprint density at radius 2 is 0.833 bits per heavy atom. The van der Waals surface area contributed by atoms with Crippen LogP contribution < -0.4 is 5.32 Å². The predicted octanol–water partition coefficient (Wildman–Crippen LogP) is 12.0. The van der Waals surface area contributed by atoms with Crippen molar-refractivity contribution < 1.29 is 20.1 Å². The number of aliphatic hydroxyl groups is 3. The zero-order chi connectivity index (χ0) is 35.2. The number of carbonyl (C=O) groups excluding carboxylic acids is 1. The molecular weight excluding hydrogens is 594 g/mol. The highest BCUT2D eigenvalue weighted by Crippen LogP contribution is 2.16. The zero-order valence-corrected chi connectivity index (χ0v) is 32.4. The monoisotopic (exact) mass is 680 g/mol. The van der Waals surface area contributed by atoms with Crippen molar-refractivity contribution in [1.29, 1.82) is 0 Å². The van der Waals surface area contributed by atoms with Gasteiger partial charge in [0.1, 0.15) is 6.10 Å². The van der Waals surface area contributed by atoms with Crippen molar-refractivity contribution in [2.45, 2.75) is 250 Å². The number of rotatable bonds is 39. The molecule has 1 amide bonds. The van der Waals surface area contributed by atoms with Crippen LogP contribution in [0.15, 0.2) is 12.2 Å². The first-order valence-electron chi connectivity index (χ1n) is 21.5. The van der Waals surface area contributed by atoms with Gasteiger partial charge in [0.2, 0.25) is 5.91 Å². The third-order valence-corrected chi connectivity index (χ3v) is 10.1. The molecule has 0 aromatic carbocycles. The number of amides is 1. The summed E-state index contributed by atoms with van der Waals surface area (Å²) in [6, 6.07) is -0.807. The van der Waals surface area contributed by atoms with Crippen LogP contribution in [0.5, 0.6) is 0 Å². The number of allylic oxidation sites excluding steroid dienone is 2. The van der Waals surface area contributed by atoms with Crippen molar-refractivity contribution in [2.75, 3.05) is 6.61 Å². The van der Waals surface area contributed by atoms with Gasteiger partial charge in [0.15, 0.2) is 0 Å². The minimum atomic E-state index is -1.13. The topological polar surface area (TPSA) is 89.8 Å². The number of hydrogen-bond acceptors (Lipinski definition) is 4. The van der Waals surface area contributed by atoms with Crippen molar-refractivity contribution in [2.24, 2.45) is 0 Å². The first kappa shape index (κ1) is 47.1. The van der Waals surface area contributed by atoms with Crippen molar-refractivity contribution >= 4 is 5.91 Å². The lowest BCUT2D eigenvalue weighted by Gasteiger charge is -2.26. The fourth-order valence-corrected chi connectivity index (χ4v) is 6.75. The normalized spacial score (nSPS) is 13.7. The molecule has 48 heavy (non-hydrogen) atoms. The van der Waals surface area contributed by atoms with Crippen molar-refractivity contribution in [3.63, 3.8) is 0 Å². The molecule has 0 aromatic heterocycles. The van der Waals surface area contributed by atoms with Gasteiger partial charge in [-0.3, -0.25) is 4.79 Å². The van der Waals surface area contributed by atoms with Crippen LogP contribution in [0.3, 0.4) is 0 Å². The van der Waals surface area contributed by atoms with Gasteiger partial charge in [-0.2, -0.15) is 0 Å². The first-order valence-corrected chi connectivity index (χ1v) is 21.5. The Morgan fingerprint density at radius 3 is 1.21 bits per heavy atom. The molecule has 3 atom stereocenters. The predicted molar refractivity (Wildman–Crippen MR) is 208 cm³/mol. The number of aliphatic hydroxyl groups excluding tert-OH is 3. The maximum absolute atomic E-state index is 12.4. The van der Waals surface area contributed by atoms with Gasteiger partial charge in [0.05, 0.1) is 18.8 Å². The molecule has 0 rings (SSSR count). The Morgan fingerprint density at radius 1 is 0.500 bits per heavy atom. The summed E-state index contributed by atoms with van der Waals surface area (Å²) in [5, 5.41) is 33.4. The van der Waals surface area contributed by atoms with E-state index in [1.165, 1.54) is 167 Å². The quantitative estimate of drug-likeness (QED) is 0.0384. The Balaban J connectivity index is 3.58. The second-order valence-corrected chi connectivity index (χ2v) is 14.9. The molecule has 4 N–H and O–H groups in total. The van der Waals surface area contributed by atoms with Gasteiger partial charge >= 0.3 is 0 Å². The van der Waals surface area contributed by atoms with E-state index in [2.05, 4.69) is 31.3 Å². The molecule has 0 saturated heterocycles. The molecule has 0 heterocycles. The molecule has 5 heteroatoms. The van der Waals surface area contributed by atoms with E-state index in [1.807, 2.05) is 0 Å². The largest absolute Gasteiger partial charge is 0.394 e. The number of unbranched alkanes of at least 4 members (excludes halogenated alkanes) is 29. The van der Waals surface area contributed by atoms with Crippen LogP contribution >= 0.6 is 0 Å². The molecule has 0 fully saturated rings. The molecule has 0 aliphatic carbocycles. The fraction of sp³-hybridized carbons (Fsp3) is 0.930. The van der Waals surface area contributed by atoms with Crippen molar-refractivity contribution in [3.05, 3.63) is 12.2 Å². The van der Waals surface area contributed by atoms with Crippen LogP contribution in [-0.2, 0) is 4.79 Å². The Hall–Kier alpha value is -0.910. The van der Waals surface area contributed by atoms with Crippen LogP contribution in [0, 0.1) is 0 Å². The lowest BCUT2D eigenvalue weighted by molar-refractivity contribution is -0.124. The van der Waals surface area contributed by atoms with E-state index in [0.29, 0.717) is 12.8 Å². The van der Waals surface area contributed by atoms with E-state index in [1.54, 1.807) is 0 Å².